The summed E-state index contributed by atoms with van der Waals surface area (Å²) >= 11 is 8.47. The minimum atomic E-state index is -0.664. The molecule has 1 aromatic carbocycles. The van der Waals surface area contributed by atoms with E-state index in [9.17, 15) is 14.3 Å². The first-order valence-corrected chi connectivity index (χ1v) is 4.54. The Balaban J connectivity index is 3.36. The van der Waals surface area contributed by atoms with E-state index in [2.05, 4.69) is 15.9 Å². The van der Waals surface area contributed by atoms with Crippen molar-refractivity contribution < 1.29 is 14.3 Å². The van der Waals surface area contributed by atoms with Crippen molar-refractivity contribution in [3.05, 3.63) is 26.9 Å². The molecule has 70 valence electrons. The molecule has 0 saturated carbocycles. The van der Waals surface area contributed by atoms with Gasteiger partial charge in [-0.1, -0.05) is 11.6 Å². The van der Waals surface area contributed by atoms with Gasteiger partial charge in [-0.05, 0) is 22.0 Å². The fourth-order valence-electron chi connectivity index (χ4n) is 0.905. The molecule has 0 unspecified atom stereocenters. The summed E-state index contributed by atoms with van der Waals surface area (Å²) in [5.74, 6) is -0.860. The molecule has 13 heavy (non-hydrogen) atoms. The summed E-state index contributed by atoms with van der Waals surface area (Å²) < 4.78 is 13.1. The smallest absolute Gasteiger partial charge is 0.143 e. The van der Waals surface area contributed by atoms with Crippen molar-refractivity contribution in [1.29, 1.82) is 0 Å². The van der Waals surface area contributed by atoms with E-state index in [0.717, 1.165) is 6.07 Å². The normalized spacial score (nSPS) is 10.1. The molecule has 0 spiro atoms. The average Bonchev–Trinajstić information content (AvgIpc) is 2.09. The molecule has 0 saturated heterocycles. The maximum absolute atomic E-state index is 13.0. The summed E-state index contributed by atoms with van der Waals surface area (Å²) in [6.07, 6.45) is 0.438. The molecule has 0 aliphatic rings. The van der Waals surface area contributed by atoms with Crippen molar-refractivity contribution in [1.82, 2.24) is 0 Å². The van der Waals surface area contributed by atoms with Crippen LogP contribution in [-0.2, 0) is 11.2 Å². The minimum Gasteiger partial charge on any atom is -0.506 e. The SMILES string of the molecule is O=CCc1c(O)c(Br)cc(F)c1Cl. The van der Waals surface area contributed by atoms with Gasteiger partial charge in [0.05, 0.1) is 9.50 Å². The van der Waals surface area contributed by atoms with Crippen LogP contribution in [0.3, 0.4) is 0 Å². The van der Waals surface area contributed by atoms with Crippen LogP contribution in [0.5, 0.6) is 5.75 Å². The third-order valence-corrected chi connectivity index (χ3v) is 2.54. The molecular formula is C8H5BrClFO2. The molecule has 1 N–H and O–H groups in total. The van der Waals surface area contributed by atoms with Gasteiger partial charge in [0.15, 0.2) is 0 Å². The third-order valence-electron chi connectivity index (χ3n) is 1.53. The topological polar surface area (TPSA) is 37.3 Å². The van der Waals surface area contributed by atoms with E-state index in [0.29, 0.717) is 6.29 Å². The van der Waals surface area contributed by atoms with Gasteiger partial charge in [-0.2, -0.15) is 0 Å². The molecule has 1 aromatic rings. The van der Waals surface area contributed by atoms with Crippen LogP contribution in [0.25, 0.3) is 0 Å². The van der Waals surface area contributed by atoms with Crippen molar-refractivity contribution in [2.75, 3.05) is 0 Å². The van der Waals surface area contributed by atoms with Gasteiger partial charge in [-0.25, -0.2) is 4.39 Å². The first-order chi connectivity index (χ1) is 6.07. The summed E-state index contributed by atoms with van der Waals surface area (Å²) in [5, 5.41) is 9.16. The summed E-state index contributed by atoms with van der Waals surface area (Å²) in [6.45, 7) is 0. The second-order valence-electron chi connectivity index (χ2n) is 2.35. The van der Waals surface area contributed by atoms with Crippen LogP contribution in [0.1, 0.15) is 5.56 Å². The van der Waals surface area contributed by atoms with Gasteiger partial charge >= 0.3 is 0 Å². The maximum atomic E-state index is 13.0. The standard InChI is InChI=1S/C8H5BrClFO2/c9-5-3-6(11)7(10)4(1-2-12)8(5)13/h2-3,13H,1H2. The van der Waals surface area contributed by atoms with Crippen LogP contribution in [0.15, 0.2) is 10.5 Å². The van der Waals surface area contributed by atoms with Crippen LogP contribution < -0.4 is 0 Å². The molecule has 2 nitrogen and oxygen atoms in total. The minimum absolute atomic E-state index is 0.101. The first-order valence-electron chi connectivity index (χ1n) is 3.37. The van der Waals surface area contributed by atoms with E-state index in [-0.39, 0.29) is 27.2 Å². The number of aldehydes is 1. The Morgan fingerprint density at radius 2 is 2.31 bits per heavy atom. The molecule has 0 aliphatic carbocycles. The Morgan fingerprint density at radius 3 is 2.85 bits per heavy atom. The molecule has 0 bridgehead atoms. The molecular weight excluding hydrogens is 262 g/mol. The van der Waals surface area contributed by atoms with E-state index < -0.39 is 5.82 Å². The lowest BCUT2D eigenvalue weighted by Gasteiger charge is -2.06. The Morgan fingerprint density at radius 1 is 1.69 bits per heavy atom. The van der Waals surface area contributed by atoms with Gasteiger partial charge in [-0.15, -0.1) is 0 Å². The number of rotatable bonds is 2. The molecule has 0 fully saturated rings. The second kappa shape index (κ2) is 4.07. The van der Waals surface area contributed by atoms with Gasteiger partial charge in [-0.3, -0.25) is 0 Å². The van der Waals surface area contributed by atoms with E-state index in [4.69, 9.17) is 11.6 Å². The van der Waals surface area contributed by atoms with Gasteiger partial charge < -0.3 is 9.90 Å². The Hall–Kier alpha value is -0.610. The second-order valence-corrected chi connectivity index (χ2v) is 3.58. The van der Waals surface area contributed by atoms with E-state index in [1.165, 1.54) is 0 Å². The van der Waals surface area contributed by atoms with E-state index >= 15 is 0 Å². The highest BCUT2D eigenvalue weighted by atomic mass is 79.9. The quantitative estimate of drug-likeness (QED) is 0.661. The van der Waals surface area contributed by atoms with Gasteiger partial charge in [0.2, 0.25) is 0 Å². The zero-order chi connectivity index (χ0) is 10.0. The van der Waals surface area contributed by atoms with Crippen molar-refractivity contribution in [2.45, 2.75) is 6.42 Å². The highest BCUT2D eigenvalue weighted by Crippen LogP contribution is 2.35. The average molecular weight is 267 g/mol. The van der Waals surface area contributed by atoms with Gasteiger partial charge in [0.1, 0.15) is 17.9 Å². The lowest BCUT2D eigenvalue weighted by atomic mass is 10.1. The molecule has 0 radical (unpaired) electrons. The first kappa shape index (κ1) is 10.5. The molecule has 1 rings (SSSR count). The summed E-state index contributed by atoms with van der Waals surface area (Å²) in [7, 11) is 0. The van der Waals surface area contributed by atoms with Crippen molar-refractivity contribution in [3.8, 4) is 5.75 Å². The fraction of sp³-hybridized carbons (Fsp3) is 0.125. The number of benzene rings is 1. The van der Waals surface area contributed by atoms with Crippen LogP contribution in [-0.4, -0.2) is 11.4 Å². The van der Waals surface area contributed by atoms with Crippen molar-refractivity contribution >= 4 is 33.8 Å². The lowest BCUT2D eigenvalue weighted by Crippen LogP contribution is -1.92. The maximum Gasteiger partial charge on any atom is 0.143 e. The number of carbonyl (C=O) groups excluding carboxylic acids is 1. The van der Waals surface area contributed by atoms with Crippen LogP contribution in [0.4, 0.5) is 4.39 Å². The Labute approximate surface area is 87.5 Å². The number of phenolic OH excluding ortho intramolecular Hbond substituents is 1. The predicted molar refractivity (Wildman–Crippen MR) is 50.5 cm³/mol. The van der Waals surface area contributed by atoms with Crippen molar-refractivity contribution in [3.63, 3.8) is 0 Å². The molecule has 5 heteroatoms. The monoisotopic (exact) mass is 266 g/mol. The molecule has 0 atom stereocenters. The number of aromatic hydroxyl groups is 1. The summed E-state index contributed by atoms with van der Waals surface area (Å²) in [4.78, 5) is 10.2. The number of carbonyl (C=O) groups is 1. The zero-order valence-corrected chi connectivity index (χ0v) is 8.69. The van der Waals surface area contributed by atoms with Crippen molar-refractivity contribution in [2.24, 2.45) is 0 Å². The molecule has 0 heterocycles. The highest BCUT2D eigenvalue weighted by Gasteiger charge is 2.14. The summed E-state index contributed by atoms with van der Waals surface area (Å²) in [5.41, 5.74) is 0.101. The fourth-order valence-corrected chi connectivity index (χ4v) is 1.57. The van der Waals surface area contributed by atoms with Crippen LogP contribution in [0.2, 0.25) is 5.02 Å². The van der Waals surface area contributed by atoms with Gasteiger partial charge in [0, 0.05) is 12.0 Å². The van der Waals surface area contributed by atoms with E-state index in [1.807, 2.05) is 0 Å². The molecule has 0 amide bonds. The van der Waals surface area contributed by atoms with E-state index in [1.54, 1.807) is 0 Å². The Bertz CT molecular complexity index is 328. The third kappa shape index (κ3) is 2.00. The van der Waals surface area contributed by atoms with Crippen LogP contribution in [0, 0.1) is 5.82 Å². The largest absolute Gasteiger partial charge is 0.506 e. The molecule has 0 aromatic heterocycles. The number of phenols is 1. The Kier molecular flexibility index (Phi) is 3.27. The highest BCUT2D eigenvalue weighted by molar-refractivity contribution is 9.10. The predicted octanol–water partition coefficient (Wildman–Crippen LogP) is 2.69. The number of hydrogen-bond acceptors (Lipinski definition) is 2. The zero-order valence-electron chi connectivity index (χ0n) is 6.35. The lowest BCUT2D eigenvalue weighted by molar-refractivity contribution is -0.107. The molecule has 0 aliphatic heterocycles. The number of halogens is 3. The van der Waals surface area contributed by atoms with Crippen LogP contribution >= 0.6 is 27.5 Å². The van der Waals surface area contributed by atoms with Gasteiger partial charge in [0.25, 0.3) is 0 Å². The number of hydrogen-bond donors (Lipinski definition) is 1. The summed E-state index contributed by atoms with van der Waals surface area (Å²) in [6, 6.07) is 1.05.